The minimum Gasteiger partial charge on any atom is -0.494 e. The Morgan fingerprint density at radius 1 is 1.39 bits per heavy atom. The summed E-state index contributed by atoms with van der Waals surface area (Å²) in [5.41, 5.74) is 1.29. The predicted molar refractivity (Wildman–Crippen MR) is 76.5 cm³/mol. The average Bonchev–Trinajstić information content (AvgIpc) is 2.35. The van der Waals surface area contributed by atoms with E-state index in [1.807, 2.05) is 13.0 Å². The summed E-state index contributed by atoms with van der Waals surface area (Å²) in [6.07, 6.45) is 2.39. The van der Waals surface area contributed by atoms with Crippen LogP contribution < -0.4 is 15.0 Å². The summed E-state index contributed by atoms with van der Waals surface area (Å²) in [6, 6.07) is 9.07. The number of rotatable bonds is 3. The number of hydrogen-bond acceptors (Lipinski definition) is 3. The van der Waals surface area contributed by atoms with Crippen molar-refractivity contribution in [2.75, 3.05) is 31.1 Å². The van der Waals surface area contributed by atoms with Crippen molar-refractivity contribution in [3.8, 4) is 5.75 Å². The molecule has 1 atom stereocenters. The predicted octanol–water partition coefficient (Wildman–Crippen LogP) is 2.66. The maximum Gasteiger partial charge on any atom is 0.121 e. The van der Waals surface area contributed by atoms with Gasteiger partial charge in [-0.3, -0.25) is 0 Å². The maximum atomic E-state index is 5.58. The minimum atomic E-state index is 0.614. The molecule has 1 fully saturated rings. The molecule has 2 rings (SSSR count). The van der Waals surface area contributed by atoms with Crippen molar-refractivity contribution < 1.29 is 4.74 Å². The van der Waals surface area contributed by atoms with Gasteiger partial charge >= 0.3 is 0 Å². The van der Waals surface area contributed by atoms with E-state index in [-0.39, 0.29) is 0 Å². The SMILES string of the molecule is CCOc1cccc(N2CCCNC(C)CC2)c1. The number of benzene rings is 1. The Morgan fingerprint density at radius 3 is 3.11 bits per heavy atom. The Labute approximate surface area is 110 Å². The molecule has 1 unspecified atom stereocenters. The second kappa shape index (κ2) is 6.64. The Morgan fingerprint density at radius 2 is 2.28 bits per heavy atom. The van der Waals surface area contributed by atoms with E-state index >= 15 is 0 Å². The van der Waals surface area contributed by atoms with E-state index in [1.54, 1.807) is 0 Å². The second-order valence-electron chi connectivity index (χ2n) is 4.91. The number of nitrogens with one attached hydrogen (secondary N) is 1. The van der Waals surface area contributed by atoms with Gasteiger partial charge in [-0.05, 0) is 45.4 Å². The van der Waals surface area contributed by atoms with Gasteiger partial charge in [0.2, 0.25) is 0 Å². The van der Waals surface area contributed by atoms with Gasteiger partial charge in [0.15, 0.2) is 0 Å². The highest BCUT2D eigenvalue weighted by molar-refractivity contribution is 5.50. The van der Waals surface area contributed by atoms with Crippen LogP contribution >= 0.6 is 0 Å². The number of hydrogen-bond donors (Lipinski definition) is 1. The van der Waals surface area contributed by atoms with Gasteiger partial charge in [-0.1, -0.05) is 6.07 Å². The third-order valence-electron chi connectivity index (χ3n) is 3.42. The summed E-state index contributed by atoms with van der Waals surface area (Å²) in [4.78, 5) is 2.47. The van der Waals surface area contributed by atoms with Gasteiger partial charge in [-0.2, -0.15) is 0 Å². The standard InChI is InChI=1S/C15H24N2O/c1-3-18-15-7-4-6-14(12-15)17-10-5-9-16-13(2)8-11-17/h4,6-7,12-13,16H,3,5,8-11H2,1-2H3. The first kappa shape index (κ1) is 13.2. The summed E-state index contributed by atoms with van der Waals surface area (Å²) in [6.45, 7) is 8.36. The van der Waals surface area contributed by atoms with Gasteiger partial charge in [0.05, 0.1) is 6.61 Å². The van der Waals surface area contributed by atoms with E-state index in [0.717, 1.165) is 32.0 Å². The molecule has 0 aliphatic carbocycles. The largest absolute Gasteiger partial charge is 0.494 e. The van der Waals surface area contributed by atoms with Crippen molar-refractivity contribution in [1.29, 1.82) is 0 Å². The van der Waals surface area contributed by atoms with E-state index in [2.05, 4.69) is 35.3 Å². The topological polar surface area (TPSA) is 24.5 Å². The van der Waals surface area contributed by atoms with Gasteiger partial charge in [0, 0.05) is 30.9 Å². The molecule has 1 aliphatic heterocycles. The molecule has 3 nitrogen and oxygen atoms in total. The first-order valence-corrected chi connectivity index (χ1v) is 7.01. The average molecular weight is 248 g/mol. The van der Waals surface area contributed by atoms with Crippen LogP contribution in [0, 0.1) is 0 Å². The van der Waals surface area contributed by atoms with E-state index < -0.39 is 0 Å². The second-order valence-corrected chi connectivity index (χ2v) is 4.91. The highest BCUT2D eigenvalue weighted by Crippen LogP contribution is 2.22. The Balaban J connectivity index is 2.05. The molecule has 1 aromatic rings. The number of ether oxygens (including phenoxy) is 1. The van der Waals surface area contributed by atoms with Gasteiger partial charge < -0.3 is 15.0 Å². The van der Waals surface area contributed by atoms with Crippen LogP contribution in [0.2, 0.25) is 0 Å². The Kier molecular flexibility index (Phi) is 4.88. The van der Waals surface area contributed by atoms with Crippen molar-refractivity contribution in [2.24, 2.45) is 0 Å². The van der Waals surface area contributed by atoms with Crippen molar-refractivity contribution in [2.45, 2.75) is 32.7 Å². The van der Waals surface area contributed by atoms with Crippen molar-refractivity contribution >= 4 is 5.69 Å². The van der Waals surface area contributed by atoms with Crippen molar-refractivity contribution in [3.63, 3.8) is 0 Å². The van der Waals surface area contributed by atoms with E-state index in [9.17, 15) is 0 Å². The molecule has 1 heterocycles. The molecule has 3 heteroatoms. The summed E-state index contributed by atoms with van der Waals surface area (Å²) >= 11 is 0. The highest BCUT2D eigenvalue weighted by atomic mass is 16.5. The molecule has 0 saturated carbocycles. The van der Waals surface area contributed by atoms with Crippen molar-refractivity contribution in [3.05, 3.63) is 24.3 Å². The molecule has 0 spiro atoms. The Hall–Kier alpha value is -1.22. The lowest BCUT2D eigenvalue weighted by molar-refractivity contribution is 0.340. The lowest BCUT2D eigenvalue weighted by atomic mass is 10.1. The lowest BCUT2D eigenvalue weighted by Gasteiger charge is -2.29. The third kappa shape index (κ3) is 3.64. The highest BCUT2D eigenvalue weighted by Gasteiger charge is 2.12. The molecule has 18 heavy (non-hydrogen) atoms. The molecule has 1 aromatic carbocycles. The van der Waals surface area contributed by atoms with Gasteiger partial charge in [0.1, 0.15) is 5.75 Å². The van der Waals surface area contributed by atoms with Crippen LogP contribution in [0.5, 0.6) is 5.75 Å². The van der Waals surface area contributed by atoms with Crippen LogP contribution in [0.25, 0.3) is 0 Å². The fourth-order valence-electron chi connectivity index (χ4n) is 2.38. The van der Waals surface area contributed by atoms with Crippen LogP contribution in [0.15, 0.2) is 24.3 Å². The van der Waals surface area contributed by atoms with Gasteiger partial charge in [0.25, 0.3) is 0 Å². The maximum absolute atomic E-state index is 5.58. The zero-order chi connectivity index (χ0) is 12.8. The molecule has 100 valence electrons. The summed E-state index contributed by atoms with van der Waals surface area (Å²) in [5.74, 6) is 0.975. The zero-order valence-electron chi connectivity index (χ0n) is 11.5. The zero-order valence-corrected chi connectivity index (χ0v) is 11.5. The molecule has 1 N–H and O–H groups in total. The number of nitrogens with zero attached hydrogens (tertiary/aromatic N) is 1. The fourth-order valence-corrected chi connectivity index (χ4v) is 2.38. The smallest absolute Gasteiger partial charge is 0.121 e. The minimum absolute atomic E-state index is 0.614. The first-order valence-electron chi connectivity index (χ1n) is 7.01. The molecule has 0 amide bonds. The molecule has 0 aromatic heterocycles. The van der Waals surface area contributed by atoms with Gasteiger partial charge in [-0.15, -0.1) is 0 Å². The van der Waals surface area contributed by atoms with E-state index in [1.165, 1.54) is 18.5 Å². The van der Waals surface area contributed by atoms with Gasteiger partial charge in [-0.25, -0.2) is 0 Å². The van der Waals surface area contributed by atoms with E-state index in [0.29, 0.717) is 6.04 Å². The molecule has 1 aliphatic rings. The monoisotopic (exact) mass is 248 g/mol. The molecule has 0 bridgehead atoms. The van der Waals surface area contributed by atoms with Crippen molar-refractivity contribution in [1.82, 2.24) is 5.32 Å². The molecular weight excluding hydrogens is 224 g/mol. The normalized spacial score (nSPS) is 21.2. The fraction of sp³-hybridized carbons (Fsp3) is 0.600. The lowest BCUT2D eigenvalue weighted by Crippen LogP contribution is -2.38. The first-order chi connectivity index (χ1) is 8.79. The quantitative estimate of drug-likeness (QED) is 0.890. The summed E-state index contributed by atoms with van der Waals surface area (Å²) < 4.78 is 5.58. The number of anilines is 1. The van der Waals surface area contributed by atoms with E-state index in [4.69, 9.17) is 4.74 Å². The summed E-state index contributed by atoms with van der Waals surface area (Å²) in [7, 11) is 0. The third-order valence-corrected chi connectivity index (χ3v) is 3.42. The molecule has 0 radical (unpaired) electrons. The Bertz CT molecular complexity index is 367. The van der Waals surface area contributed by atoms with Crippen LogP contribution in [0.3, 0.4) is 0 Å². The van der Waals surface area contributed by atoms with Crippen LogP contribution in [0.4, 0.5) is 5.69 Å². The molecule has 1 saturated heterocycles. The van der Waals surface area contributed by atoms with Crippen LogP contribution in [-0.4, -0.2) is 32.3 Å². The van der Waals surface area contributed by atoms with Crippen LogP contribution in [0.1, 0.15) is 26.7 Å². The summed E-state index contributed by atoms with van der Waals surface area (Å²) in [5, 5.41) is 3.54. The van der Waals surface area contributed by atoms with Crippen LogP contribution in [-0.2, 0) is 0 Å². The molecular formula is C15H24N2O.